The molecule has 0 fully saturated rings. The number of rotatable bonds is 2. The van der Waals surface area contributed by atoms with Gasteiger partial charge in [0.05, 0.1) is 5.38 Å². The number of hydrogen-bond acceptors (Lipinski definition) is 0. The van der Waals surface area contributed by atoms with Crippen LogP contribution in [0.15, 0.2) is 29.8 Å². The lowest BCUT2D eigenvalue weighted by atomic mass is 9.94. The topological polar surface area (TPSA) is 0 Å². The average molecular weight is 243 g/mol. The Morgan fingerprint density at radius 1 is 1.31 bits per heavy atom. The molecule has 1 unspecified atom stereocenters. The van der Waals surface area contributed by atoms with E-state index in [1.54, 1.807) is 6.07 Å². The van der Waals surface area contributed by atoms with Gasteiger partial charge in [-0.05, 0) is 37.3 Å². The van der Waals surface area contributed by atoms with Crippen LogP contribution in [0.3, 0.4) is 0 Å². The molecular weight excluding hydrogens is 230 g/mol. The van der Waals surface area contributed by atoms with E-state index in [9.17, 15) is 8.78 Å². The standard InChI is InChI=1S/C13H13ClF2/c14-11-5-1-3-9(8-11)7-10-4-2-6-12(15)13(10)16/h2,4,6,8,11H,1,3,5,7H2. The summed E-state index contributed by atoms with van der Waals surface area (Å²) in [5.74, 6) is -1.52. The van der Waals surface area contributed by atoms with E-state index in [0.717, 1.165) is 30.9 Å². The van der Waals surface area contributed by atoms with E-state index in [0.29, 0.717) is 12.0 Å². The second-order valence-corrected chi connectivity index (χ2v) is 4.68. The second-order valence-electron chi connectivity index (χ2n) is 4.12. The first kappa shape index (κ1) is 11.6. The van der Waals surface area contributed by atoms with Gasteiger partial charge < -0.3 is 0 Å². The summed E-state index contributed by atoms with van der Waals surface area (Å²) in [5.41, 5.74) is 1.52. The lowest BCUT2D eigenvalue weighted by Crippen LogP contribution is -2.06. The summed E-state index contributed by atoms with van der Waals surface area (Å²) in [4.78, 5) is 0. The summed E-state index contributed by atoms with van der Waals surface area (Å²) >= 11 is 6.00. The van der Waals surface area contributed by atoms with Crippen LogP contribution in [-0.2, 0) is 6.42 Å². The van der Waals surface area contributed by atoms with Crippen LogP contribution in [0.2, 0.25) is 0 Å². The lowest BCUT2D eigenvalue weighted by Gasteiger charge is -2.16. The highest BCUT2D eigenvalue weighted by molar-refractivity contribution is 6.21. The molecule has 0 aliphatic heterocycles. The predicted octanol–water partition coefficient (Wildman–Crippen LogP) is 4.23. The fourth-order valence-corrected chi connectivity index (χ4v) is 2.36. The van der Waals surface area contributed by atoms with Gasteiger partial charge in [-0.25, -0.2) is 8.78 Å². The van der Waals surface area contributed by atoms with Gasteiger partial charge in [0.2, 0.25) is 0 Å². The van der Waals surface area contributed by atoms with Crippen LogP contribution < -0.4 is 0 Å². The minimum atomic E-state index is -0.781. The first-order chi connectivity index (χ1) is 7.66. The third-order valence-electron chi connectivity index (χ3n) is 2.84. The zero-order valence-corrected chi connectivity index (χ0v) is 9.61. The Labute approximate surface area is 98.9 Å². The van der Waals surface area contributed by atoms with Gasteiger partial charge in [0.25, 0.3) is 0 Å². The van der Waals surface area contributed by atoms with Crippen molar-refractivity contribution >= 4 is 11.6 Å². The van der Waals surface area contributed by atoms with Crippen LogP contribution in [0.5, 0.6) is 0 Å². The molecule has 0 nitrogen and oxygen atoms in total. The zero-order valence-electron chi connectivity index (χ0n) is 8.85. The van der Waals surface area contributed by atoms with Gasteiger partial charge in [-0.1, -0.05) is 23.8 Å². The van der Waals surface area contributed by atoms with Gasteiger partial charge in [-0.15, -0.1) is 11.6 Å². The smallest absolute Gasteiger partial charge is 0.162 e. The second kappa shape index (κ2) is 4.96. The molecular formula is C13H13ClF2. The van der Waals surface area contributed by atoms with E-state index in [4.69, 9.17) is 11.6 Å². The summed E-state index contributed by atoms with van der Waals surface area (Å²) < 4.78 is 26.4. The fourth-order valence-electron chi connectivity index (χ4n) is 2.02. The monoisotopic (exact) mass is 242 g/mol. The maximum absolute atomic E-state index is 13.4. The molecule has 1 aromatic carbocycles. The molecule has 0 aromatic heterocycles. The van der Waals surface area contributed by atoms with Crippen molar-refractivity contribution in [2.45, 2.75) is 31.1 Å². The first-order valence-electron chi connectivity index (χ1n) is 5.43. The van der Waals surface area contributed by atoms with Crippen molar-refractivity contribution in [1.29, 1.82) is 0 Å². The molecule has 1 aliphatic rings. The van der Waals surface area contributed by atoms with E-state index in [2.05, 4.69) is 0 Å². The highest BCUT2D eigenvalue weighted by Gasteiger charge is 2.14. The molecule has 3 heteroatoms. The third kappa shape index (κ3) is 2.62. The van der Waals surface area contributed by atoms with Crippen molar-refractivity contribution in [3.05, 3.63) is 47.0 Å². The van der Waals surface area contributed by atoms with Crippen LogP contribution in [-0.4, -0.2) is 5.38 Å². The van der Waals surface area contributed by atoms with Crippen molar-refractivity contribution in [3.63, 3.8) is 0 Å². The number of benzene rings is 1. The van der Waals surface area contributed by atoms with Crippen molar-refractivity contribution in [1.82, 2.24) is 0 Å². The largest absolute Gasteiger partial charge is 0.204 e. The van der Waals surface area contributed by atoms with Gasteiger partial charge in [-0.2, -0.15) is 0 Å². The Morgan fingerprint density at radius 3 is 2.88 bits per heavy atom. The average Bonchev–Trinajstić information content (AvgIpc) is 2.25. The molecule has 0 heterocycles. The molecule has 0 saturated heterocycles. The fraction of sp³-hybridized carbons (Fsp3) is 0.385. The molecule has 1 atom stereocenters. The minimum Gasteiger partial charge on any atom is -0.204 e. The summed E-state index contributed by atoms with van der Waals surface area (Å²) in [5, 5.41) is 0.0420. The van der Waals surface area contributed by atoms with Crippen LogP contribution in [0.4, 0.5) is 8.78 Å². The normalized spacial score (nSPS) is 20.7. The van der Waals surface area contributed by atoms with Gasteiger partial charge in [0.1, 0.15) is 0 Å². The SMILES string of the molecule is Fc1cccc(CC2=CC(Cl)CCC2)c1F. The van der Waals surface area contributed by atoms with Crippen molar-refractivity contribution in [3.8, 4) is 0 Å². The zero-order chi connectivity index (χ0) is 11.5. The molecule has 0 radical (unpaired) electrons. The molecule has 0 spiro atoms. The number of alkyl halides is 1. The van der Waals surface area contributed by atoms with Crippen LogP contribution in [0, 0.1) is 11.6 Å². The number of halogens is 3. The third-order valence-corrected chi connectivity index (χ3v) is 3.19. The summed E-state index contributed by atoms with van der Waals surface area (Å²) in [6, 6.07) is 4.30. The highest BCUT2D eigenvalue weighted by atomic mass is 35.5. The van der Waals surface area contributed by atoms with Crippen molar-refractivity contribution in [2.24, 2.45) is 0 Å². The van der Waals surface area contributed by atoms with Crippen LogP contribution >= 0.6 is 11.6 Å². The molecule has 0 saturated carbocycles. The summed E-state index contributed by atoms with van der Waals surface area (Å²) in [6.07, 6.45) is 5.36. The Morgan fingerprint density at radius 2 is 2.12 bits per heavy atom. The molecule has 86 valence electrons. The Bertz CT molecular complexity index is 412. The summed E-state index contributed by atoms with van der Waals surface area (Å²) in [7, 11) is 0. The summed E-state index contributed by atoms with van der Waals surface area (Å²) in [6.45, 7) is 0. The van der Waals surface area contributed by atoms with E-state index in [1.807, 2.05) is 6.08 Å². The van der Waals surface area contributed by atoms with E-state index >= 15 is 0 Å². The minimum absolute atomic E-state index is 0.0420. The molecule has 16 heavy (non-hydrogen) atoms. The van der Waals surface area contributed by atoms with Gasteiger partial charge >= 0.3 is 0 Å². The first-order valence-corrected chi connectivity index (χ1v) is 5.87. The molecule has 1 aromatic rings. The molecule has 0 N–H and O–H groups in total. The van der Waals surface area contributed by atoms with Crippen LogP contribution in [0.25, 0.3) is 0 Å². The van der Waals surface area contributed by atoms with Gasteiger partial charge in [0, 0.05) is 0 Å². The van der Waals surface area contributed by atoms with Gasteiger partial charge in [0.15, 0.2) is 11.6 Å². The maximum atomic E-state index is 13.4. The van der Waals surface area contributed by atoms with Crippen molar-refractivity contribution < 1.29 is 8.78 Å². The molecule has 1 aliphatic carbocycles. The van der Waals surface area contributed by atoms with E-state index < -0.39 is 11.6 Å². The Balaban J connectivity index is 2.17. The van der Waals surface area contributed by atoms with E-state index in [1.165, 1.54) is 6.07 Å². The molecule has 2 rings (SSSR count). The predicted molar refractivity (Wildman–Crippen MR) is 61.6 cm³/mol. The Kier molecular flexibility index (Phi) is 3.59. The molecule has 0 bridgehead atoms. The maximum Gasteiger partial charge on any atom is 0.162 e. The number of allylic oxidation sites excluding steroid dienone is 2. The van der Waals surface area contributed by atoms with Gasteiger partial charge in [-0.3, -0.25) is 0 Å². The van der Waals surface area contributed by atoms with Crippen LogP contribution in [0.1, 0.15) is 24.8 Å². The van der Waals surface area contributed by atoms with E-state index in [-0.39, 0.29) is 5.38 Å². The number of hydrogen-bond donors (Lipinski definition) is 0. The lowest BCUT2D eigenvalue weighted by molar-refractivity contribution is 0.499. The quantitative estimate of drug-likeness (QED) is 0.538. The van der Waals surface area contributed by atoms with Crippen molar-refractivity contribution in [2.75, 3.05) is 0 Å². The molecule has 0 amide bonds. The Hall–Kier alpha value is -0.890. The highest BCUT2D eigenvalue weighted by Crippen LogP contribution is 2.25.